The van der Waals surface area contributed by atoms with E-state index in [-0.39, 0.29) is 11.5 Å². The first-order chi connectivity index (χ1) is 16.7. The molecular weight excluding hydrogens is 463 g/mol. The fourth-order valence-electron chi connectivity index (χ4n) is 3.79. The Balaban J connectivity index is 1.72. The predicted octanol–water partition coefficient (Wildman–Crippen LogP) is 4.28. The third-order valence-corrected chi connectivity index (χ3v) is 5.33. The van der Waals surface area contributed by atoms with Crippen LogP contribution in [-0.4, -0.2) is 44.2 Å². The van der Waals surface area contributed by atoms with Crippen molar-refractivity contribution in [3.05, 3.63) is 71.3 Å². The van der Waals surface area contributed by atoms with Crippen molar-refractivity contribution >= 4 is 21.9 Å². The molecule has 8 nitrogen and oxygen atoms in total. The van der Waals surface area contributed by atoms with Crippen molar-refractivity contribution in [1.82, 2.24) is 24.3 Å². The summed E-state index contributed by atoms with van der Waals surface area (Å²) >= 11 is 0. The number of ether oxygens (including phenoxy) is 2. The van der Waals surface area contributed by atoms with Gasteiger partial charge in [-0.1, -0.05) is 6.07 Å². The van der Waals surface area contributed by atoms with Gasteiger partial charge in [-0.2, -0.15) is 23.3 Å². The number of rotatable bonds is 5. The van der Waals surface area contributed by atoms with Crippen LogP contribution in [0.4, 0.5) is 13.2 Å². The predicted molar refractivity (Wildman–Crippen MR) is 123 cm³/mol. The maximum Gasteiger partial charge on any atom is 0.422 e. The largest absolute Gasteiger partial charge is 0.481 e. The van der Waals surface area contributed by atoms with Crippen LogP contribution >= 0.6 is 0 Å². The Morgan fingerprint density at radius 2 is 1.80 bits per heavy atom. The number of aryl methyl sites for hydroxylation is 1. The maximum absolute atomic E-state index is 13.7. The second-order valence-corrected chi connectivity index (χ2v) is 7.80. The number of benzene rings is 1. The summed E-state index contributed by atoms with van der Waals surface area (Å²) in [5, 5.41) is 5.74. The van der Waals surface area contributed by atoms with Crippen LogP contribution in [0.2, 0.25) is 0 Å². The maximum atomic E-state index is 13.7. The van der Waals surface area contributed by atoms with Crippen molar-refractivity contribution in [2.75, 3.05) is 13.7 Å². The van der Waals surface area contributed by atoms with E-state index >= 15 is 0 Å². The van der Waals surface area contributed by atoms with Gasteiger partial charge in [-0.25, -0.2) is 4.98 Å². The van der Waals surface area contributed by atoms with Crippen molar-refractivity contribution < 1.29 is 22.6 Å². The average molecular weight is 481 g/mol. The lowest BCUT2D eigenvalue weighted by atomic mass is 10.0. The number of fused-ring (bicyclic) bond motifs is 2. The van der Waals surface area contributed by atoms with E-state index in [1.807, 2.05) is 25.4 Å². The average Bonchev–Trinajstić information content (AvgIpc) is 3.21. The molecule has 0 aliphatic heterocycles. The first-order valence-electron chi connectivity index (χ1n) is 10.4. The van der Waals surface area contributed by atoms with E-state index in [9.17, 15) is 18.0 Å². The Morgan fingerprint density at radius 1 is 1.00 bits per heavy atom. The van der Waals surface area contributed by atoms with E-state index in [2.05, 4.69) is 15.1 Å². The summed E-state index contributed by atoms with van der Waals surface area (Å²) in [6.45, 7) is -1.50. The van der Waals surface area contributed by atoms with E-state index in [1.54, 1.807) is 35.0 Å². The molecule has 0 spiro atoms. The fraction of sp³-hybridized carbons (Fsp3) is 0.167. The van der Waals surface area contributed by atoms with Gasteiger partial charge in [-0.3, -0.25) is 14.0 Å². The fourth-order valence-corrected chi connectivity index (χ4v) is 3.79. The number of pyridine rings is 3. The molecule has 178 valence electrons. The third-order valence-electron chi connectivity index (χ3n) is 5.33. The van der Waals surface area contributed by atoms with E-state index in [4.69, 9.17) is 9.47 Å². The molecule has 0 radical (unpaired) electrons. The Labute approximate surface area is 196 Å². The minimum absolute atomic E-state index is 0.132. The number of alkyl halides is 3. The molecule has 0 saturated carbocycles. The van der Waals surface area contributed by atoms with Gasteiger partial charge >= 0.3 is 6.18 Å². The summed E-state index contributed by atoms with van der Waals surface area (Å²) in [4.78, 5) is 22.1. The van der Waals surface area contributed by atoms with Gasteiger partial charge in [-0.15, -0.1) is 0 Å². The lowest BCUT2D eigenvalue weighted by molar-refractivity contribution is -0.154. The van der Waals surface area contributed by atoms with Crippen molar-refractivity contribution in [2.24, 2.45) is 7.05 Å². The van der Waals surface area contributed by atoms with Crippen LogP contribution in [0.5, 0.6) is 11.8 Å². The summed E-state index contributed by atoms with van der Waals surface area (Å²) in [5.74, 6) is 0.0837. The van der Waals surface area contributed by atoms with Crippen molar-refractivity contribution in [1.29, 1.82) is 0 Å². The summed E-state index contributed by atoms with van der Waals surface area (Å²) < 4.78 is 50.8. The Morgan fingerprint density at radius 3 is 2.51 bits per heavy atom. The topological polar surface area (TPSA) is 84.1 Å². The highest BCUT2D eigenvalue weighted by Crippen LogP contribution is 2.27. The van der Waals surface area contributed by atoms with Gasteiger partial charge in [0.1, 0.15) is 0 Å². The van der Waals surface area contributed by atoms with Crippen molar-refractivity contribution in [3.8, 4) is 28.6 Å². The van der Waals surface area contributed by atoms with Gasteiger partial charge < -0.3 is 9.47 Å². The third kappa shape index (κ3) is 4.39. The molecule has 0 bridgehead atoms. The number of nitrogens with zero attached hydrogens (tertiary/aromatic N) is 5. The summed E-state index contributed by atoms with van der Waals surface area (Å²) in [6, 6.07) is 13.2. The number of hydrogen-bond donors (Lipinski definition) is 0. The van der Waals surface area contributed by atoms with Crippen LogP contribution in [0.25, 0.3) is 38.8 Å². The monoisotopic (exact) mass is 481 g/mol. The highest BCUT2D eigenvalue weighted by molar-refractivity contribution is 5.88. The van der Waals surface area contributed by atoms with Crippen molar-refractivity contribution in [2.45, 2.75) is 6.18 Å². The van der Waals surface area contributed by atoms with Crippen LogP contribution < -0.4 is 15.0 Å². The summed E-state index contributed by atoms with van der Waals surface area (Å²) in [6.07, 6.45) is -1.25. The van der Waals surface area contributed by atoms with Gasteiger partial charge in [0, 0.05) is 41.7 Å². The highest BCUT2D eigenvalue weighted by atomic mass is 19.4. The molecule has 0 saturated heterocycles. The molecule has 0 amide bonds. The molecule has 35 heavy (non-hydrogen) atoms. The van der Waals surface area contributed by atoms with E-state index < -0.39 is 18.3 Å². The van der Waals surface area contributed by atoms with E-state index in [0.717, 1.165) is 10.9 Å². The SMILES string of the molecule is COc1ccc(-n2c(=O)c(-c3ccc4nn(C)cc4c3)cc3ccc(OCC(F)(F)F)nc32)cn1. The second kappa shape index (κ2) is 8.42. The molecule has 5 rings (SSSR count). The van der Waals surface area contributed by atoms with Crippen LogP contribution in [0.15, 0.2) is 65.7 Å². The molecular formula is C24H18F3N5O3. The molecule has 4 heterocycles. The summed E-state index contributed by atoms with van der Waals surface area (Å²) in [7, 11) is 3.27. The van der Waals surface area contributed by atoms with Crippen molar-refractivity contribution in [3.63, 3.8) is 0 Å². The van der Waals surface area contributed by atoms with E-state index in [0.29, 0.717) is 28.1 Å². The molecule has 0 N–H and O–H groups in total. The molecule has 1 aromatic carbocycles. The lowest BCUT2D eigenvalue weighted by Gasteiger charge is -2.14. The van der Waals surface area contributed by atoms with E-state index in [1.165, 1.54) is 23.9 Å². The quantitative estimate of drug-likeness (QED) is 0.373. The molecule has 0 aliphatic rings. The Bertz CT molecular complexity index is 1610. The first kappa shape index (κ1) is 22.4. The Kier molecular flexibility index (Phi) is 5.39. The standard InChI is InChI=1S/C24H18F3N5O3/c1-31-12-16-9-14(3-6-19(16)30-31)18-10-15-4-7-21(35-13-24(25,26)27)29-22(15)32(23(18)33)17-5-8-20(34-2)28-11-17/h3-12H,13H2,1-2H3. The smallest absolute Gasteiger partial charge is 0.422 e. The number of halogens is 3. The van der Waals surface area contributed by atoms with Gasteiger partial charge in [0.2, 0.25) is 11.8 Å². The van der Waals surface area contributed by atoms with Gasteiger partial charge in [0.25, 0.3) is 5.56 Å². The Hall–Kier alpha value is -4.41. The zero-order chi connectivity index (χ0) is 24.7. The number of hydrogen-bond acceptors (Lipinski definition) is 6. The minimum atomic E-state index is -4.52. The molecule has 11 heteroatoms. The van der Waals surface area contributed by atoms with Crippen LogP contribution in [0.3, 0.4) is 0 Å². The molecule has 0 atom stereocenters. The molecule has 0 aliphatic carbocycles. The lowest BCUT2D eigenvalue weighted by Crippen LogP contribution is -2.22. The van der Waals surface area contributed by atoms with Gasteiger partial charge in [0.15, 0.2) is 12.3 Å². The molecule has 0 fully saturated rings. The van der Waals surface area contributed by atoms with Crippen LogP contribution in [-0.2, 0) is 7.05 Å². The zero-order valence-electron chi connectivity index (χ0n) is 18.6. The molecule has 5 aromatic rings. The minimum Gasteiger partial charge on any atom is -0.481 e. The van der Waals surface area contributed by atoms with Crippen LogP contribution in [0, 0.1) is 0 Å². The normalized spacial score (nSPS) is 11.8. The number of methoxy groups -OCH3 is 1. The van der Waals surface area contributed by atoms with Crippen LogP contribution in [0.1, 0.15) is 0 Å². The molecule has 0 unspecified atom stereocenters. The van der Waals surface area contributed by atoms with Gasteiger partial charge in [0.05, 0.1) is 24.5 Å². The number of aromatic nitrogens is 5. The molecule has 4 aromatic heterocycles. The highest BCUT2D eigenvalue weighted by Gasteiger charge is 2.28. The first-order valence-corrected chi connectivity index (χ1v) is 10.4. The second-order valence-electron chi connectivity index (χ2n) is 7.80. The van der Waals surface area contributed by atoms with Gasteiger partial charge in [-0.05, 0) is 35.9 Å². The zero-order valence-corrected chi connectivity index (χ0v) is 18.6. The summed E-state index contributed by atoms with van der Waals surface area (Å²) in [5.41, 5.74) is 1.89.